The van der Waals surface area contributed by atoms with Gasteiger partial charge in [-0.05, 0) is 6.42 Å². The monoisotopic (exact) mass is 232 g/mol. The molecule has 0 aromatic rings. The first-order chi connectivity index (χ1) is 7.56. The van der Waals surface area contributed by atoms with Crippen molar-refractivity contribution in [2.45, 2.75) is 18.9 Å². The number of methoxy groups -OCH3 is 2. The average molecular weight is 232 g/mol. The highest BCUT2D eigenvalue weighted by Gasteiger charge is 2.19. The van der Waals surface area contributed by atoms with E-state index in [9.17, 15) is 9.59 Å². The second-order valence-corrected chi connectivity index (χ2v) is 3.40. The van der Waals surface area contributed by atoms with Gasteiger partial charge in [0, 0.05) is 33.7 Å². The Kier molecular flexibility index (Phi) is 7.49. The number of hydrogen-bond acceptors (Lipinski definition) is 5. The number of rotatable bonds is 7. The number of likely N-dealkylation sites (N-methyl/N-ethyl adjacent to an activating group) is 1. The summed E-state index contributed by atoms with van der Waals surface area (Å²) in [4.78, 5) is 24.0. The number of esters is 1. The molecule has 0 bridgehead atoms. The first kappa shape index (κ1) is 14.9. The van der Waals surface area contributed by atoms with Crippen molar-refractivity contribution in [1.82, 2.24) is 4.90 Å². The number of amides is 1. The minimum Gasteiger partial charge on any atom is -0.469 e. The van der Waals surface area contributed by atoms with E-state index >= 15 is 0 Å². The second kappa shape index (κ2) is 8.06. The third kappa shape index (κ3) is 5.09. The van der Waals surface area contributed by atoms with Gasteiger partial charge in [-0.3, -0.25) is 9.59 Å². The molecule has 0 aromatic heterocycles. The Morgan fingerprint density at radius 2 is 2.00 bits per heavy atom. The number of carbonyl (C=O) groups is 2. The van der Waals surface area contributed by atoms with Gasteiger partial charge in [0.1, 0.15) is 6.10 Å². The third-order valence-electron chi connectivity index (χ3n) is 2.25. The van der Waals surface area contributed by atoms with Gasteiger partial charge in [-0.25, -0.2) is 0 Å². The minimum absolute atomic E-state index is 0.149. The maximum atomic E-state index is 11.7. The van der Waals surface area contributed by atoms with Gasteiger partial charge in [-0.1, -0.05) is 0 Å². The lowest BCUT2D eigenvalue weighted by Gasteiger charge is -2.21. The molecule has 6 nitrogen and oxygen atoms in total. The van der Waals surface area contributed by atoms with Crippen LogP contribution in [0.2, 0.25) is 0 Å². The summed E-state index contributed by atoms with van der Waals surface area (Å²) < 4.78 is 9.42. The van der Waals surface area contributed by atoms with Crippen LogP contribution in [0, 0.1) is 0 Å². The van der Waals surface area contributed by atoms with E-state index in [0.717, 1.165) is 0 Å². The molecule has 94 valence electrons. The lowest BCUT2D eigenvalue weighted by molar-refractivity contribution is -0.143. The standard InChI is InChI=1S/C10H20N2O4/c1-12(6-4-5-9(13)16-3)10(14)8(7-11)15-2/h8H,4-7,11H2,1-3H3. The van der Waals surface area contributed by atoms with Gasteiger partial charge in [0.2, 0.25) is 0 Å². The third-order valence-corrected chi connectivity index (χ3v) is 2.25. The largest absolute Gasteiger partial charge is 0.469 e. The minimum atomic E-state index is -0.608. The summed E-state index contributed by atoms with van der Waals surface area (Å²) in [5.74, 6) is -0.446. The fourth-order valence-corrected chi connectivity index (χ4v) is 1.22. The lowest BCUT2D eigenvalue weighted by atomic mass is 10.2. The van der Waals surface area contributed by atoms with Gasteiger partial charge in [-0.15, -0.1) is 0 Å². The van der Waals surface area contributed by atoms with E-state index in [1.54, 1.807) is 7.05 Å². The van der Waals surface area contributed by atoms with Crippen LogP contribution in [0.25, 0.3) is 0 Å². The summed E-state index contributed by atoms with van der Waals surface area (Å²) in [5.41, 5.74) is 5.37. The predicted molar refractivity (Wildman–Crippen MR) is 58.7 cm³/mol. The Labute approximate surface area is 95.7 Å². The first-order valence-electron chi connectivity index (χ1n) is 5.11. The van der Waals surface area contributed by atoms with Gasteiger partial charge < -0.3 is 20.1 Å². The molecule has 16 heavy (non-hydrogen) atoms. The molecule has 0 rings (SSSR count). The van der Waals surface area contributed by atoms with Gasteiger partial charge in [0.05, 0.1) is 7.11 Å². The molecule has 1 atom stereocenters. The van der Waals surface area contributed by atoms with Crippen LogP contribution in [0.3, 0.4) is 0 Å². The summed E-state index contributed by atoms with van der Waals surface area (Å²) in [6.07, 6.45) is 0.257. The van der Waals surface area contributed by atoms with Gasteiger partial charge >= 0.3 is 5.97 Å². The number of nitrogens with zero attached hydrogens (tertiary/aromatic N) is 1. The smallest absolute Gasteiger partial charge is 0.305 e. The summed E-state index contributed by atoms with van der Waals surface area (Å²) in [5, 5.41) is 0. The Morgan fingerprint density at radius 3 is 2.44 bits per heavy atom. The first-order valence-corrected chi connectivity index (χ1v) is 5.11. The molecule has 0 aromatic carbocycles. The van der Waals surface area contributed by atoms with Crippen LogP contribution < -0.4 is 5.73 Å². The highest BCUT2D eigenvalue weighted by molar-refractivity contribution is 5.81. The molecule has 0 radical (unpaired) electrons. The second-order valence-electron chi connectivity index (χ2n) is 3.40. The molecule has 0 aliphatic rings. The molecular weight excluding hydrogens is 212 g/mol. The van der Waals surface area contributed by atoms with Gasteiger partial charge in [0.25, 0.3) is 5.91 Å². The Hall–Kier alpha value is -1.14. The Morgan fingerprint density at radius 1 is 1.38 bits per heavy atom. The maximum Gasteiger partial charge on any atom is 0.305 e. The van der Waals surface area contributed by atoms with Crippen LogP contribution >= 0.6 is 0 Å². The molecule has 0 spiro atoms. The summed E-state index contributed by atoms with van der Waals surface area (Å²) in [6.45, 7) is 0.629. The maximum absolute atomic E-state index is 11.7. The number of carbonyl (C=O) groups excluding carboxylic acids is 2. The van der Waals surface area contributed by atoms with Crippen LogP contribution in [-0.2, 0) is 19.1 Å². The zero-order chi connectivity index (χ0) is 12.6. The van der Waals surface area contributed by atoms with E-state index in [0.29, 0.717) is 19.4 Å². The molecule has 0 fully saturated rings. The predicted octanol–water partition coefficient (Wildman–Crippen LogP) is -0.628. The molecule has 0 heterocycles. The quantitative estimate of drug-likeness (QED) is 0.591. The van der Waals surface area contributed by atoms with Crippen LogP contribution in [0.5, 0.6) is 0 Å². The van der Waals surface area contributed by atoms with Crippen LogP contribution in [-0.4, -0.2) is 57.2 Å². The fraction of sp³-hybridized carbons (Fsp3) is 0.800. The van der Waals surface area contributed by atoms with E-state index < -0.39 is 6.10 Å². The summed E-state index contributed by atoms with van der Waals surface area (Å²) in [7, 11) is 4.44. The van der Waals surface area contributed by atoms with Gasteiger partial charge in [0.15, 0.2) is 0 Å². The topological polar surface area (TPSA) is 81.9 Å². The van der Waals surface area contributed by atoms with E-state index in [4.69, 9.17) is 10.5 Å². The molecular formula is C10H20N2O4. The van der Waals surface area contributed by atoms with Crippen LogP contribution in [0.4, 0.5) is 0 Å². The van der Waals surface area contributed by atoms with E-state index in [2.05, 4.69) is 4.74 Å². The molecule has 0 aliphatic heterocycles. The zero-order valence-corrected chi connectivity index (χ0v) is 10.1. The Balaban J connectivity index is 3.91. The normalized spacial score (nSPS) is 12.0. The van der Waals surface area contributed by atoms with Crippen molar-refractivity contribution in [2.75, 3.05) is 34.4 Å². The molecule has 0 aliphatic carbocycles. The van der Waals surface area contributed by atoms with E-state index in [-0.39, 0.29) is 18.4 Å². The van der Waals surface area contributed by atoms with Crippen molar-refractivity contribution < 1.29 is 19.1 Å². The average Bonchev–Trinajstić information content (AvgIpc) is 2.29. The summed E-state index contributed by atoms with van der Waals surface area (Å²) in [6, 6.07) is 0. The summed E-state index contributed by atoms with van der Waals surface area (Å²) >= 11 is 0. The number of nitrogens with two attached hydrogens (primary N) is 1. The van der Waals surface area contributed by atoms with Gasteiger partial charge in [-0.2, -0.15) is 0 Å². The zero-order valence-electron chi connectivity index (χ0n) is 10.1. The highest BCUT2D eigenvalue weighted by atomic mass is 16.5. The SMILES string of the molecule is COC(=O)CCCN(C)C(=O)C(CN)OC. The van der Waals surface area contributed by atoms with Crippen LogP contribution in [0.15, 0.2) is 0 Å². The van der Waals surface area contributed by atoms with Crippen molar-refractivity contribution in [3.8, 4) is 0 Å². The molecule has 1 unspecified atom stereocenters. The van der Waals surface area contributed by atoms with Crippen molar-refractivity contribution in [1.29, 1.82) is 0 Å². The van der Waals surface area contributed by atoms with Crippen LogP contribution in [0.1, 0.15) is 12.8 Å². The van der Waals surface area contributed by atoms with Crippen molar-refractivity contribution in [2.24, 2.45) is 5.73 Å². The highest BCUT2D eigenvalue weighted by Crippen LogP contribution is 1.99. The van der Waals surface area contributed by atoms with E-state index in [1.165, 1.54) is 19.1 Å². The van der Waals surface area contributed by atoms with Crippen molar-refractivity contribution in [3.05, 3.63) is 0 Å². The molecule has 1 amide bonds. The molecule has 0 saturated heterocycles. The number of hydrogen-bond donors (Lipinski definition) is 1. The van der Waals surface area contributed by atoms with Crippen molar-refractivity contribution >= 4 is 11.9 Å². The lowest BCUT2D eigenvalue weighted by Crippen LogP contribution is -2.42. The molecule has 0 saturated carbocycles. The fourth-order valence-electron chi connectivity index (χ4n) is 1.22. The van der Waals surface area contributed by atoms with E-state index in [1.807, 2.05) is 0 Å². The molecule has 6 heteroatoms. The molecule has 2 N–H and O–H groups in total. The number of ether oxygens (including phenoxy) is 2. The van der Waals surface area contributed by atoms with Crippen molar-refractivity contribution in [3.63, 3.8) is 0 Å². The Bertz CT molecular complexity index is 229.